The van der Waals surface area contributed by atoms with Gasteiger partial charge < -0.3 is 10.1 Å². The second kappa shape index (κ2) is 9.97. The Morgan fingerprint density at radius 1 is 1.28 bits per heavy atom. The number of ether oxygens (including phenoxy) is 1. The number of carbonyl (C=O) groups excluding carboxylic acids is 2. The second-order valence-electron chi connectivity index (χ2n) is 7.09. The number of thiophene rings is 1. The number of carbonyl (C=O) groups is 2. The number of benzene rings is 1. The Bertz CT molecular complexity index is 1190. The van der Waals surface area contributed by atoms with E-state index in [1.54, 1.807) is 18.2 Å². The molecule has 0 saturated carbocycles. The normalized spacial score (nSPS) is 12.8. The zero-order valence-corrected chi connectivity index (χ0v) is 19.5. The number of fused-ring (bicyclic) bond motifs is 1. The first kappa shape index (κ1) is 22.7. The summed E-state index contributed by atoms with van der Waals surface area (Å²) in [4.78, 5) is 34.9. The minimum absolute atomic E-state index is 0.0140. The highest BCUT2D eigenvalue weighted by Gasteiger charge is 2.28. The number of aryl methyl sites for hydroxylation is 1. The van der Waals surface area contributed by atoms with Gasteiger partial charge in [-0.2, -0.15) is 0 Å². The van der Waals surface area contributed by atoms with Crippen LogP contribution in [0.4, 0.5) is 9.39 Å². The van der Waals surface area contributed by atoms with E-state index >= 15 is 0 Å². The molecule has 3 aromatic rings. The lowest BCUT2D eigenvalue weighted by Crippen LogP contribution is -2.17. The topological polar surface area (TPSA) is 81.2 Å². The maximum absolute atomic E-state index is 13.9. The fourth-order valence-corrected chi connectivity index (χ4v) is 5.72. The van der Waals surface area contributed by atoms with Crippen LogP contribution in [0.5, 0.6) is 0 Å². The summed E-state index contributed by atoms with van der Waals surface area (Å²) in [6.07, 6.45) is 5.01. The lowest BCUT2D eigenvalue weighted by molar-refractivity contribution is 0.0601. The van der Waals surface area contributed by atoms with Crippen LogP contribution in [0.15, 0.2) is 35.6 Å². The highest BCUT2D eigenvalue weighted by Crippen LogP contribution is 2.39. The molecule has 0 fully saturated rings. The van der Waals surface area contributed by atoms with Crippen molar-refractivity contribution in [1.29, 1.82) is 0 Å². The highest BCUT2D eigenvalue weighted by molar-refractivity contribution is 7.98. The van der Waals surface area contributed by atoms with Crippen molar-refractivity contribution in [2.24, 2.45) is 0 Å². The molecule has 0 atom stereocenters. The first-order chi connectivity index (χ1) is 15.5. The van der Waals surface area contributed by atoms with E-state index in [4.69, 9.17) is 16.3 Å². The molecule has 0 spiro atoms. The minimum Gasteiger partial charge on any atom is -0.465 e. The summed E-state index contributed by atoms with van der Waals surface area (Å²) >= 11 is 8.76. The maximum Gasteiger partial charge on any atom is 0.341 e. The van der Waals surface area contributed by atoms with Crippen LogP contribution in [0.3, 0.4) is 0 Å². The summed E-state index contributed by atoms with van der Waals surface area (Å²) in [5.41, 5.74) is 1.84. The van der Waals surface area contributed by atoms with Crippen molar-refractivity contribution in [1.82, 2.24) is 9.97 Å². The van der Waals surface area contributed by atoms with Gasteiger partial charge in [0.05, 0.1) is 23.9 Å². The van der Waals surface area contributed by atoms with E-state index in [0.717, 1.165) is 36.1 Å². The minimum atomic E-state index is -0.547. The molecule has 2 aromatic heterocycles. The van der Waals surface area contributed by atoms with Gasteiger partial charge in [0.1, 0.15) is 10.8 Å². The Balaban J connectivity index is 1.56. The van der Waals surface area contributed by atoms with Gasteiger partial charge in [-0.25, -0.2) is 19.2 Å². The molecular weight excluding hydrogens is 473 g/mol. The van der Waals surface area contributed by atoms with E-state index in [0.29, 0.717) is 27.0 Å². The van der Waals surface area contributed by atoms with Gasteiger partial charge >= 0.3 is 5.97 Å². The molecule has 6 nitrogen and oxygen atoms in total. The van der Waals surface area contributed by atoms with Crippen LogP contribution in [-0.2, 0) is 23.3 Å². The van der Waals surface area contributed by atoms with Gasteiger partial charge in [0.2, 0.25) is 0 Å². The number of thioether (sulfide) groups is 1. The zero-order valence-electron chi connectivity index (χ0n) is 17.1. The average molecular weight is 492 g/mol. The zero-order chi connectivity index (χ0) is 22.7. The summed E-state index contributed by atoms with van der Waals surface area (Å²) in [5, 5.41) is 3.59. The van der Waals surface area contributed by atoms with Gasteiger partial charge in [-0.1, -0.05) is 41.6 Å². The van der Waals surface area contributed by atoms with E-state index in [1.165, 1.54) is 42.5 Å². The molecule has 1 aliphatic carbocycles. The average Bonchev–Trinajstić information content (AvgIpc) is 3.16. The van der Waals surface area contributed by atoms with Crippen molar-refractivity contribution < 1.29 is 18.7 Å². The number of methoxy groups -OCH3 is 1. The predicted octanol–water partition coefficient (Wildman–Crippen LogP) is 5.54. The fourth-order valence-electron chi connectivity index (χ4n) is 3.47. The SMILES string of the molecule is COC(=O)c1c(NC(=O)c2nc(SCc3ccccc3F)ncc2Cl)sc2c1CCCC2. The molecule has 1 N–H and O–H groups in total. The van der Waals surface area contributed by atoms with Gasteiger partial charge in [-0.15, -0.1) is 11.3 Å². The summed E-state index contributed by atoms with van der Waals surface area (Å²) < 4.78 is 18.8. The van der Waals surface area contributed by atoms with Gasteiger partial charge in [0, 0.05) is 10.6 Å². The molecule has 0 saturated heterocycles. The monoisotopic (exact) mass is 491 g/mol. The quantitative estimate of drug-likeness (QED) is 0.277. The molecule has 2 heterocycles. The van der Waals surface area contributed by atoms with Crippen LogP contribution in [0, 0.1) is 5.82 Å². The van der Waals surface area contributed by atoms with Crippen molar-refractivity contribution in [2.75, 3.05) is 12.4 Å². The summed E-state index contributed by atoms with van der Waals surface area (Å²) in [6, 6.07) is 6.44. The van der Waals surface area contributed by atoms with Crippen LogP contribution in [-0.4, -0.2) is 29.0 Å². The Labute approximate surface area is 197 Å². The molecule has 1 aromatic carbocycles. The van der Waals surface area contributed by atoms with E-state index in [9.17, 15) is 14.0 Å². The van der Waals surface area contributed by atoms with E-state index < -0.39 is 11.9 Å². The van der Waals surface area contributed by atoms with Crippen LogP contribution in [0.1, 0.15) is 49.7 Å². The molecule has 0 bridgehead atoms. The van der Waals surface area contributed by atoms with Crippen LogP contribution in [0.2, 0.25) is 5.02 Å². The Morgan fingerprint density at radius 3 is 2.84 bits per heavy atom. The molecule has 0 radical (unpaired) electrons. The van der Waals surface area contributed by atoms with Crippen molar-refractivity contribution >= 4 is 51.6 Å². The van der Waals surface area contributed by atoms with Crippen molar-refractivity contribution in [3.05, 3.63) is 68.6 Å². The van der Waals surface area contributed by atoms with Gasteiger partial charge in [0.15, 0.2) is 10.9 Å². The maximum atomic E-state index is 13.9. The molecule has 1 aliphatic rings. The number of nitrogens with one attached hydrogen (secondary N) is 1. The largest absolute Gasteiger partial charge is 0.465 e. The first-order valence-electron chi connectivity index (χ1n) is 9.91. The first-order valence-corrected chi connectivity index (χ1v) is 12.1. The molecule has 32 heavy (non-hydrogen) atoms. The number of rotatable bonds is 6. The van der Waals surface area contributed by atoms with E-state index in [-0.39, 0.29) is 16.5 Å². The molecule has 0 aliphatic heterocycles. The van der Waals surface area contributed by atoms with E-state index in [1.807, 2.05) is 0 Å². The number of halogens is 2. The van der Waals surface area contributed by atoms with Crippen LogP contribution in [0.25, 0.3) is 0 Å². The third-order valence-corrected chi connectivity index (χ3v) is 7.43. The number of hydrogen-bond donors (Lipinski definition) is 1. The summed E-state index contributed by atoms with van der Waals surface area (Å²) in [6.45, 7) is 0. The Kier molecular flexibility index (Phi) is 7.07. The smallest absolute Gasteiger partial charge is 0.341 e. The highest BCUT2D eigenvalue weighted by atomic mass is 35.5. The molecule has 1 amide bonds. The predicted molar refractivity (Wildman–Crippen MR) is 123 cm³/mol. The van der Waals surface area contributed by atoms with Crippen LogP contribution < -0.4 is 5.32 Å². The molecule has 10 heteroatoms. The number of hydrogen-bond acceptors (Lipinski definition) is 7. The molecule has 0 unspecified atom stereocenters. The number of aromatic nitrogens is 2. The third-order valence-electron chi connectivity index (χ3n) is 5.04. The third kappa shape index (κ3) is 4.79. The number of anilines is 1. The van der Waals surface area contributed by atoms with Gasteiger partial charge in [-0.05, 0) is 42.9 Å². The van der Waals surface area contributed by atoms with Crippen LogP contribution >= 0.6 is 34.7 Å². The lowest BCUT2D eigenvalue weighted by Gasteiger charge is -2.12. The van der Waals surface area contributed by atoms with Gasteiger partial charge in [0.25, 0.3) is 5.91 Å². The molecule has 166 valence electrons. The number of amides is 1. The van der Waals surface area contributed by atoms with E-state index in [2.05, 4.69) is 15.3 Å². The Hall–Kier alpha value is -2.49. The Morgan fingerprint density at radius 2 is 2.06 bits per heavy atom. The molecular formula is C22H19ClFN3O3S2. The van der Waals surface area contributed by atoms with Crippen molar-refractivity contribution in [3.8, 4) is 0 Å². The molecule has 4 rings (SSSR count). The summed E-state index contributed by atoms with van der Waals surface area (Å²) in [7, 11) is 1.32. The van der Waals surface area contributed by atoms with Gasteiger partial charge in [-0.3, -0.25) is 4.79 Å². The summed E-state index contributed by atoms with van der Waals surface area (Å²) in [5.74, 6) is -1.04. The second-order valence-corrected chi connectivity index (χ2v) is 9.54. The standard InChI is InChI=1S/C22H19ClFN3O3S2/c1-30-21(29)17-13-7-3-5-9-16(13)32-20(17)27-19(28)18-14(23)10-25-22(26-18)31-11-12-6-2-4-8-15(12)24/h2,4,6,8,10H,3,5,7,9,11H2,1H3,(H,27,28). The lowest BCUT2D eigenvalue weighted by atomic mass is 9.95. The number of esters is 1. The van der Waals surface area contributed by atoms with Crippen molar-refractivity contribution in [3.63, 3.8) is 0 Å². The van der Waals surface area contributed by atoms with Crippen molar-refractivity contribution in [2.45, 2.75) is 36.6 Å². The number of nitrogens with zero attached hydrogens (tertiary/aromatic N) is 2. The fraction of sp³-hybridized carbons (Fsp3) is 0.273.